The first-order valence-corrected chi connectivity index (χ1v) is 7.48. The van der Waals surface area contributed by atoms with Crippen molar-refractivity contribution in [2.24, 2.45) is 5.92 Å². The van der Waals surface area contributed by atoms with Gasteiger partial charge in [-0.25, -0.2) is 0 Å². The lowest BCUT2D eigenvalue weighted by Gasteiger charge is -2.11. The highest BCUT2D eigenvalue weighted by atomic mass is 79.9. The van der Waals surface area contributed by atoms with Crippen LogP contribution in [0.2, 0.25) is 0 Å². The molecule has 1 heterocycles. The van der Waals surface area contributed by atoms with Gasteiger partial charge in [-0.1, -0.05) is 0 Å². The van der Waals surface area contributed by atoms with Gasteiger partial charge in [0, 0.05) is 6.54 Å². The Bertz CT molecular complexity index is 466. The van der Waals surface area contributed by atoms with Gasteiger partial charge >= 0.3 is 0 Å². The van der Waals surface area contributed by atoms with E-state index in [1.807, 2.05) is 6.07 Å². The first kappa shape index (κ1) is 13.2. The average molecular weight is 328 g/mol. The summed E-state index contributed by atoms with van der Waals surface area (Å²) in [6.07, 6.45) is 2.91. The van der Waals surface area contributed by atoms with E-state index < -0.39 is 0 Å². The number of halogens is 1. The van der Waals surface area contributed by atoms with Crippen LogP contribution in [0.25, 0.3) is 0 Å². The Labute approximate surface area is 121 Å². The summed E-state index contributed by atoms with van der Waals surface area (Å²) < 4.78 is 11.7. The summed E-state index contributed by atoms with van der Waals surface area (Å²) in [6.45, 7) is 2.07. The highest BCUT2D eigenvalue weighted by Crippen LogP contribution is 2.39. The summed E-state index contributed by atoms with van der Waals surface area (Å²) in [4.78, 5) is 0. The van der Waals surface area contributed by atoms with Crippen molar-refractivity contribution in [3.63, 3.8) is 0 Å². The summed E-state index contributed by atoms with van der Waals surface area (Å²) in [5.74, 6) is 2.21. The predicted molar refractivity (Wildman–Crippen MR) is 75.3 cm³/mol. The van der Waals surface area contributed by atoms with E-state index in [4.69, 9.17) is 9.47 Å². The fourth-order valence-electron chi connectivity index (χ4n) is 2.78. The first-order valence-electron chi connectivity index (χ1n) is 6.69. The van der Waals surface area contributed by atoms with E-state index in [2.05, 4.69) is 27.3 Å². The van der Waals surface area contributed by atoms with E-state index in [0.717, 1.165) is 48.3 Å². The molecule has 1 aromatic rings. The second-order valence-corrected chi connectivity index (χ2v) is 6.13. The second kappa shape index (κ2) is 5.69. The summed E-state index contributed by atoms with van der Waals surface area (Å²) >= 11 is 3.50. The third kappa shape index (κ3) is 3.04. The highest BCUT2D eigenvalue weighted by molar-refractivity contribution is 9.10. The van der Waals surface area contributed by atoms with Crippen molar-refractivity contribution in [2.45, 2.75) is 31.9 Å². The molecule has 5 heteroatoms. The molecule has 4 nitrogen and oxygen atoms in total. The van der Waals surface area contributed by atoms with Gasteiger partial charge in [0.2, 0.25) is 6.79 Å². The molecule has 1 aromatic carbocycles. The van der Waals surface area contributed by atoms with Gasteiger partial charge in [-0.15, -0.1) is 0 Å². The Kier molecular flexibility index (Phi) is 3.96. The fourth-order valence-corrected chi connectivity index (χ4v) is 3.38. The monoisotopic (exact) mass is 327 g/mol. The van der Waals surface area contributed by atoms with Crippen molar-refractivity contribution >= 4 is 15.9 Å². The third-order valence-corrected chi connectivity index (χ3v) is 4.35. The predicted octanol–water partition coefficient (Wildman–Crippen LogP) is 2.43. The van der Waals surface area contributed by atoms with Crippen LogP contribution in [0.5, 0.6) is 11.5 Å². The van der Waals surface area contributed by atoms with E-state index in [1.165, 1.54) is 5.56 Å². The number of ether oxygens (including phenoxy) is 2. The quantitative estimate of drug-likeness (QED) is 0.891. The Hall–Kier alpha value is -0.780. The van der Waals surface area contributed by atoms with E-state index in [1.54, 1.807) is 0 Å². The largest absolute Gasteiger partial charge is 0.454 e. The van der Waals surface area contributed by atoms with Crippen molar-refractivity contribution in [3.8, 4) is 11.5 Å². The maximum absolute atomic E-state index is 9.49. The smallest absolute Gasteiger partial charge is 0.231 e. The lowest BCUT2D eigenvalue weighted by Crippen LogP contribution is -2.21. The van der Waals surface area contributed by atoms with Crippen molar-refractivity contribution in [3.05, 3.63) is 22.2 Å². The van der Waals surface area contributed by atoms with Gasteiger partial charge in [0.1, 0.15) is 0 Å². The van der Waals surface area contributed by atoms with E-state index in [-0.39, 0.29) is 6.10 Å². The SMILES string of the molecule is OC1CCC(CNCc2cc(Br)c3c(c2)OCO3)C1. The normalized spacial score (nSPS) is 24.9. The van der Waals surface area contributed by atoms with E-state index >= 15 is 0 Å². The van der Waals surface area contributed by atoms with Crippen LogP contribution in [-0.2, 0) is 6.54 Å². The second-order valence-electron chi connectivity index (χ2n) is 5.28. The Morgan fingerprint density at radius 3 is 3.00 bits per heavy atom. The number of aliphatic hydroxyl groups is 1. The van der Waals surface area contributed by atoms with Gasteiger partial charge in [0.05, 0.1) is 10.6 Å². The van der Waals surface area contributed by atoms with Crippen LogP contribution in [-0.4, -0.2) is 24.5 Å². The van der Waals surface area contributed by atoms with E-state index in [0.29, 0.717) is 12.7 Å². The maximum atomic E-state index is 9.49. The van der Waals surface area contributed by atoms with Crippen molar-refractivity contribution < 1.29 is 14.6 Å². The molecular weight excluding hydrogens is 310 g/mol. The zero-order valence-electron chi connectivity index (χ0n) is 10.7. The molecule has 3 rings (SSSR count). The first-order chi connectivity index (χ1) is 9.22. The molecule has 2 aliphatic rings. The molecule has 0 spiro atoms. The van der Waals surface area contributed by atoms with Crippen LogP contribution in [0, 0.1) is 5.92 Å². The molecule has 1 aliphatic carbocycles. The molecular formula is C14H18BrNO3. The van der Waals surface area contributed by atoms with Gasteiger partial charge in [-0.2, -0.15) is 0 Å². The molecule has 19 heavy (non-hydrogen) atoms. The van der Waals surface area contributed by atoms with Gasteiger partial charge in [-0.05, 0) is 65.4 Å². The lowest BCUT2D eigenvalue weighted by atomic mass is 10.1. The topological polar surface area (TPSA) is 50.7 Å². The van der Waals surface area contributed by atoms with Crippen LogP contribution in [0.4, 0.5) is 0 Å². The molecule has 104 valence electrons. The van der Waals surface area contributed by atoms with Gasteiger partial charge in [-0.3, -0.25) is 0 Å². The molecule has 1 fully saturated rings. The zero-order valence-corrected chi connectivity index (χ0v) is 12.3. The summed E-state index contributed by atoms with van der Waals surface area (Å²) in [5.41, 5.74) is 1.18. The molecule has 0 saturated heterocycles. The summed E-state index contributed by atoms with van der Waals surface area (Å²) in [5, 5.41) is 12.9. The number of hydrogen-bond donors (Lipinski definition) is 2. The molecule has 2 N–H and O–H groups in total. The highest BCUT2D eigenvalue weighted by Gasteiger charge is 2.22. The standard InChI is InChI=1S/C14H18BrNO3/c15-12-4-10(5-13-14(12)19-8-18-13)7-16-6-9-1-2-11(17)3-9/h4-5,9,11,16-17H,1-3,6-8H2. The van der Waals surface area contributed by atoms with Crippen molar-refractivity contribution in [1.29, 1.82) is 0 Å². The fraction of sp³-hybridized carbons (Fsp3) is 0.571. The molecule has 0 aromatic heterocycles. The van der Waals surface area contributed by atoms with Gasteiger partial charge in [0.25, 0.3) is 0 Å². The van der Waals surface area contributed by atoms with Crippen LogP contribution in [0.3, 0.4) is 0 Å². The number of aliphatic hydroxyl groups excluding tert-OH is 1. The number of nitrogens with one attached hydrogen (secondary N) is 1. The van der Waals surface area contributed by atoms with Crippen LogP contribution in [0.1, 0.15) is 24.8 Å². The molecule has 2 atom stereocenters. The average Bonchev–Trinajstić information content (AvgIpc) is 2.98. The zero-order chi connectivity index (χ0) is 13.2. The number of rotatable bonds is 4. The Balaban J connectivity index is 1.54. The number of fused-ring (bicyclic) bond motifs is 1. The molecule has 0 bridgehead atoms. The van der Waals surface area contributed by atoms with Crippen LogP contribution in [0.15, 0.2) is 16.6 Å². The maximum Gasteiger partial charge on any atom is 0.231 e. The van der Waals surface area contributed by atoms with Gasteiger partial charge < -0.3 is 19.9 Å². The van der Waals surface area contributed by atoms with Crippen molar-refractivity contribution in [2.75, 3.05) is 13.3 Å². The minimum absolute atomic E-state index is 0.0912. The van der Waals surface area contributed by atoms with Gasteiger partial charge in [0.15, 0.2) is 11.5 Å². The van der Waals surface area contributed by atoms with E-state index in [9.17, 15) is 5.11 Å². The number of hydrogen-bond acceptors (Lipinski definition) is 4. The lowest BCUT2D eigenvalue weighted by molar-refractivity contribution is 0.173. The molecule has 0 amide bonds. The molecule has 2 unspecified atom stereocenters. The number of benzene rings is 1. The summed E-state index contributed by atoms with van der Waals surface area (Å²) in [7, 11) is 0. The van der Waals surface area contributed by atoms with Crippen LogP contribution < -0.4 is 14.8 Å². The molecule has 1 saturated carbocycles. The Morgan fingerprint density at radius 2 is 2.21 bits per heavy atom. The minimum atomic E-state index is -0.0912. The van der Waals surface area contributed by atoms with Crippen LogP contribution >= 0.6 is 15.9 Å². The molecule has 1 aliphatic heterocycles. The van der Waals surface area contributed by atoms with Crippen molar-refractivity contribution in [1.82, 2.24) is 5.32 Å². The Morgan fingerprint density at radius 1 is 1.32 bits per heavy atom. The third-order valence-electron chi connectivity index (χ3n) is 3.76. The minimum Gasteiger partial charge on any atom is -0.454 e. The molecule has 0 radical (unpaired) electrons. The summed E-state index contributed by atoms with van der Waals surface area (Å²) in [6, 6.07) is 4.08.